The average Bonchev–Trinajstić information content (AvgIpc) is 2.58. The molecule has 8 heteroatoms. The summed E-state index contributed by atoms with van der Waals surface area (Å²) in [7, 11) is 1.54. The number of ether oxygens (including phenoxy) is 1. The van der Waals surface area contributed by atoms with Gasteiger partial charge in [-0.05, 0) is 23.8 Å². The van der Waals surface area contributed by atoms with Gasteiger partial charge in [0.25, 0.3) is 11.2 Å². The molecule has 3 aromatic rings. The molecule has 0 radical (unpaired) electrons. The number of methoxy groups -OCH3 is 1. The number of hydrogen-bond donors (Lipinski definition) is 1. The van der Waals surface area contributed by atoms with Crippen LogP contribution in [-0.4, -0.2) is 21.6 Å². The Balaban J connectivity index is 2.11. The van der Waals surface area contributed by atoms with Gasteiger partial charge in [0, 0.05) is 12.1 Å². The summed E-state index contributed by atoms with van der Waals surface area (Å²) in [5.74, 6) is 0.661. The maximum Gasteiger partial charge on any atom is 0.329 e. The maximum atomic E-state index is 12.5. The molecule has 0 aliphatic rings. The Morgan fingerprint density at radius 3 is 2.50 bits per heavy atom. The summed E-state index contributed by atoms with van der Waals surface area (Å²) in [5, 5.41) is 11.0. The lowest BCUT2D eigenvalue weighted by molar-refractivity contribution is -0.384. The molecule has 0 bridgehead atoms. The Kier molecular flexibility index (Phi) is 3.87. The van der Waals surface area contributed by atoms with Crippen LogP contribution in [0.5, 0.6) is 5.75 Å². The second kappa shape index (κ2) is 5.99. The molecule has 0 amide bonds. The second-order valence-corrected chi connectivity index (χ2v) is 5.16. The molecule has 0 saturated carbocycles. The van der Waals surface area contributed by atoms with Crippen LogP contribution < -0.4 is 16.0 Å². The van der Waals surface area contributed by atoms with E-state index < -0.39 is 16.2 Å². The molecule has 3 rings (SSSR count). The number of benzene rings is 2. The number of hydrogen-bond acceptors (Lipinski definition) is 5. The molecule has 122 valence electrons. The van der Waals surface area contributed by atoms with Crippen molar-refractivity contribution in [3.63, 3.8) is 0 Å². The SMILES string of the molecule is COc1ccc(Cn2c(=O)[nH]c3ccc([N+](=O)[O-])cc3c2=O)cc1. The molecule has 24 heavy (non-hydrogen) atoms. The number of nitrogens with zero attached hydrogens (tertiary/aromatic N) is 2. The standard InChI is InChI=1S/C16H13N3O5/c1-24-12-5-2-10(3-6-12)9-18-15(20)13-8-11(19(22)23)4-7-14(13)17-16(18)21/h2-8H,9H2,1H3,(H,17,21). The van der Waals surface area contributed by atoms with Crippen LogP contribution >= 0.6 is 0 Å². The zero-order chi connectivity index (χ0) is 17.3. The third kappa shape index (κ3) is 2.76. The van der Waals surface area contributed by atoms with Crippen molar-refractivity contribution in [2.75, 3.05) is 7.11 Å². The number of nitro groups is 1. The quantitative estimate of drug-likeness (QED) is 0.579. The van der Waals surface area contributed by atoms with Gasteiger partial charge in [-0.25, -0.2) is 4.79 Å². The van der Waals surface area contributed by atoms with Crippen LogP contribution in [-0.2, 0) is 6.54 Å². The van der Waals surface area contributed by atoms with Gasteiger partial charge in [0.1, 0.15) is 5.75 Å². The van der Waals surface area contributed by atoms with Crippen molar-refractivity contribution in [2.24, 2.45) is 0 Å². The van der Waals surface area contributed by atoms with Crippen LogP contribution in [0, 0.1) is 10.1 Å². The number of fused-ring (bicyclic) bond motifs is 1. The lowest BCUT2D eigenvalue weighted by atomic mass is 10.2. The minimum absolute atomic E-state index is 0.0524. The predicted octanol–water partition coefficient (Wildman–Crippen LogP) is 1.65. The van der Waals surface area contributed by atoms with Crippen LogP contribution in [0.4, 0.5) is 5.69 Å². The molecule has 0 atom stereocenters. The fourth-order valence-corrected chi connectivity index (χ4v) is 2.41. The maximum absolute atomic E-state index is 12.5. The van der Waals surface area contributed by atoms with E-state index in [1.807, 2.05) is 0 Å². The smallest absolute Gasteiger partial charge is 0.329 e. The van der Waals surface area contributed by atoms with Crippen molar-refractivity contribution in [3.05, 3.63) is 79.0 Å². The van der Waals surface area contributed by atoms with Crippen LogP contribution in [0.2, 0.25) is 0 Å². The van der Waals surface area contributed by atoms with Crippen molar-refractivity contribution in [3.8, 4) is 5.75 Å². The highest BCUT2D eigenvalue weighted by Gasteiger charge is 2.12. The number of aromatic amines is 1. The lowest BCUT2D eigenvalue weighted by Crippen LogP contribution is -2.35. The monoisotopic (exact) mass is 327 g/mol. The van der Waals surface area contributed by atoms with Gasteiger partial charge in [0.2, 0.25) is 0 Å². The number of rotatable bonds is 4. The van der Waals surface area contributed by atoms with E-state index in [0.717, 1.165) is 16.2 Å². The summed E-state index contributed by atoms with van der Waals surface area (Å²) in [5.41, 5.74) is -0.358. The Hall–Kier alpha value is -3.42. The molecule has 0 unspecified atom stereocenters. The van der Waals surface area contributed by atoms with Crippen molar-refractivity contribution >= 4 is 16.6 Å². The van der Waals surface area contributed by atoms with Crippen LogP contribution in [0.15, 0.2) is 52.1 Å². The topological polar surface area (TPSA) is 107 Å². The number of nitrogens with one attached hydrogen (secondary N) is 1. The van der Waals surface area contributed by atoms with Crippen molar-refractivity contribution < 1.29 is 9.66 Å². The fraction of sp³-hybridized carbons (Fsp3) is 0.125. The highest BCUT2D eigenvalue weighted by atomic mass is 16.6. The van der Waals surface area contributed by atoms with Crippen LogP contribution in [0.1, 0.15) is 5.56 Å². The normalized spacial score (nSPS) is 10.7. The Morgan fingerprint density at radius 2 is 1.88 bits per heavy atom. The molecule has 0 aliphatic carbocycles. The molecule has 1 aromatic heterocycles. The zero-order valence-corrected chi connectivity index (χ0v) is 12.7. The van der Waals surface area contributed by atoms with Gasteiger partial charge in [-0.2, -0.15) is 0 Å². The first kappa shape index (κ1) is 15.5. The van der Waals surface area contributed by atoms with Gasteiger partial charge < -0.3 is 9.72 Å². The van der Waals surface area contributed by atoms with E-state index in [4.69, 9.17) is 4.74 Å². The predicted molar refractivity (Wildman–Crippen MR) is 87.6 cm³/mol. The van der Waals surface area contributed by atoms with Gasteiger partial charge in [-0.3, -0.25) is 19.5 Å². The highest BCUT2D eigenvalue weighted by Crippen LogP contribution is 2.16. The average molecular weight is 327 g/mol. The summed E-state index contributed by atoms with van der Waals surface area (Å²) in [6.07, 6.45) is 0. The van der Waals surface area contributed by atoms with Gasteiger partial charge in [-0.15, -0.1) is 0 Å². The molecular weight excluding hydrogens is 314 g/mol. The van der Waals surface area contributed by atoms with E-state index >= 15 is 0 Å². The molecular formula is C16H13N3O5. The van der Waals surface area contributed by atoms with Gasteiger partial charge >= 0.3 is 5.69 Å². The van der Waals surface area contributed by atoms with Crippen molar-refractivity contribution in [2.45, 2.75) is 6.54 Å². The first-order valence-corrected chi connectivity index (χ1v) is 7.04. The molecule has 0 fully saturated rings. The third-order valence-corrected chi connectivity index (χ3v) is 3.68. The van der Waals surface area contributed by atoms with Gasteiger partial charge in [0.15, 0.2) is 0 Å². The van der Waals surface area contributed by atoms with Gasteiger partial charge in [-0.1, -0.05) is 12.1 Å². The van der Waals surface area contributed by atoms with Crippen LogP contribution in [0.25, 0.3) is 10.9 Å². The molecule has 0 saturated heterocycles. The Bertz CT molecular complexity index is 1030. The third-order valence-electron chi connectivity index (χ3n) is 3.68. The molecule has 1 heterocycles. The minimum atomic E-state index is -0.586. The molecule has 1 N–H and O–H groups in total. The van der Waals surface area contributed by atoms with Crippen LogP contribution in [0.3, 0.4) is 0 Å². The number of nitro benzene ring substituents is 1. The Morgan fingerprint density at radius 1 is 1.17 bits per heavy atom. The van der Waals surface area contributed by atoms with E-state index in [0.29, 0.717) is 5.75 Å². The number of non-ortho nitro benzene ring substituents is 1. The molecule has 0 aliphatic heterocycles. The Labute approximate surface area is 135 Å². The highest BCUT2D eigenvalue weighted by molar-refractivity contribution is 5.79. The summed E-state index contributed by atoms with van der Waals surface area (Å²) in [6.45, 7) is 0.0524. The van der Waals surface area contributed by atoms with Crippen molar-refractivity contribution in [1.29, 1.82) is 0 Å². The van der Waals surface area contributed by atoms with Gasteiger partial charge in [0.05, 0.1) is 29.5 Å². The molecule has 0 spiro atoms. The summed E-state index contributed by atoms with van der Waals surface area (Å²) < 4.78 is 6.07. The minimum Gasteiger partial charge on any atom is -0.497 e. The largest absolute Gasteiger partial charge is 0.497 e. The lowest BCUT2D eigenvalue weighted by Gasteiger charge is -2.07. The first-order valence-electron chi connectivity index (χ1n) is 7.04. The van der Waals surface area contributed by atoms with E-state index in [9.17, 15) is 19.7 Å². The van der Waals surface area contributed by atoms with Crippen molar-refractivity contribution in [1.82, 2.24) is 9.55 Å². The summed E-state index contributed by atoms with van der Waals surface area (Å²) in [4.78, 5) is 37.6. The zero-order valence-electron chi connectivity index (χ0n) is 12.7. The number of H-pyrrole nitrogens is 1. The summed E-state index contributed by atoms with van der Waals surface area (Å²) >= 11 is 0. The fourth-order valence-electron chi connectivity index (χ4n) is 2.41. The molecule has 2 aromatic carbocycles. The first-order chi connectivity index (χ1) is 11.5. The van der Waals surface area contributed by atoms with E-state index in [1.165, 1.54) is 12.1 Å². The number of aromatic nitrogens is 2. The van der Waals surface area contributed by atoms with E-state index in [-0.39, 0.29) is 23.1 Å². The second-order valence-electron chi connectivity index (χ2n) is 5.16. The molecule has 8 nitrogen and oxygen atoms in total. The van der Waals surface area contributed by atoms with E-state index in [1.54, 1.807) is 31.4 Å². The summed E-state index contributed by atoms with van der Waals surface area (Å²) in [6, 6.07) is 10.7. The van der Waals surface area contributed by atoms with E-state index in [2.05, 4.69) is 4.98 Å².